The van der Waals surface area contributed by atoms with Gasteiger partial charge in [0.25, 0.3) is 0 Å². The van der Waals surface area contributed by atoms with Crippen LogP contribution in [0.25, 0.3) is 0 Å². The molecule has 1 heterocycles. The Kier molecular flexibility index (Phi) is 14.8. The van der Waals surface area contributed by atoms with Crippen LogP contribution in [-0.2, 0) is 28.8 Å². The lowest BCUT2D eigenvalue weighted by Crippen LogP contribution is -2.51. The fraction of sp³-hybridized carbons (Fsp3) is 0.727. The van der Waals surface area contributed by atoms with Crippen molar-refractivity contribution in [3.05, 3.63) is 0 Å². The van der Waals surface area contributed by atoms with Crippen LogP contribution in [-0.4, -0.2) is 167 Å². The van der Waals surface area contributed by atoms with Crippen molar-refractivity contribution in [3.8, 4) is 0 Å². The highest BCUT2D eigenvalue weighted by atomic mass is 16.4. The highest BCUT2D eigenvalue weighted by molar-refractivity contribution is 5.85. The average molecular weight is 547 g/mol. The van der Waals surface area contributed by atoms with E-state index in [1.165, 1.54) is 7.05 Å². The topological polar surface area (TPSA) is 220 Å². The van der Waals surface area contributed by atoms with E-state index in [9.17, 15) is 49.2 Å². The van der Waals surface area contributed by atoms with Crippen LogP contribution in [0.1, 0.15) is 12.8 Å². The largest absolute Gasteiger partial charge is 0.480 e. The maximum Gasteiger partial charge on any atom is 0.326 e. The van der Waals surface area contributed by atoms with Crippen LogP contribution in [0.3, 0.4) is 0 Å². The van der Waals surface area contributed by atoms with Crippen LogP contribution < -0.4 is 10.6 Å². The van der Waals surface area contributed by atoms with Gasteiger partial charge in [-0.3, -0.25) is 43.6 Å². The summed E-state index contributed by atoms with van der Waals surface area (Å²) in [5, 5.41) is 42.0. The molecule has 1 fully saturated rings. The van der Waals surface area contributed by atoms with Gasteiger partial charge in [-0.1, -0.05) is 0 Å². The van der Waals surface area contributed by atoms with Crippen LogP contribution in [0.15, 0.2) is 0 Å². The minimum absolute atomic E-state index is 0.0926. The van der Waals surface area contributed by atoms with Crippen LogP contribution in [0.2, 0.25) is 0 Å². The Bertz CT molecular complexity index is 809. The zero-order chi connectivity index (χ0) is 28.7. The van der Waals surface area contributed by atoms with Gasteiger partial charge >= 0.3 is 23.9 Å². The van der Waals surface area contributed by atoms with Crippen LogP contribution in [0.5, 0.6) is 0 Å². The molecule has 1 atom stereocenters. The summed E-state index contributed by atoms with van der Waals surface area (Å²) < 4.78 is 0. The molecular weight excluding hydrogens is 508 g/mol. The minimum atomic E-state index is -1.29. The van der Waals surface area contributed by atoms with Gasteiger partial charge in [0.15, 0.2) is 0 Å². The molecule has 16 nitrogen and oxygen atoms in total. The molecule has 0 aliphatic carbocycles. The molecule has 1 rings (SSSR count). The average Bonchev–Trinajstić information content (AvgIpc) is 2.81. The molecule has 1 unspecified atom stereocenters. The second-order valence-corrected chi connectivity index (χ2v) is 8.96. The lowest BCUT2D eigenvalue weighted by Gasteiger charge is -2.33. The maximum atomic E-state index is 12.7. The zero-order valence-corrected chi connectivity index (χ0v) is 21.5. The van der Waals surface area contributed by atoms with E-state index in [-0.39, 0.29) is 97.3 Å². The van der Waals surface area contributed by atoms with Crippen molar-refractivity contribution in [2.45, 2.75) is 18.9 Å². The quantitative estimate of drug-likeness (QED) is 0.132. The number of hydrogen-bond donors (Lipinski definition) is 6. The molecule has 0 bridgehead atoms. The van der Waals surface area contributed by atoms with Crippen molar-refractivity contribution in [3.63, 3.8) is 0 Å². The summed E-state index contributed by atoms with van der Waals surface area (Å²) in [5.41, 5.74) is 0. The standard InChI is InChI=1S/C22H38N6O10/c1-23-17(29)3-2-16(22(37)38)24-18(30)12-25-4-6-26(13-19(31)32)8-10-28(15-21(35)36)11-9-27(7-5-25)14-20(33)34/h16H,2-15H2,1H3,(H,23,29)(H,24,30)(H,31,32)(H,33,34)(H,35,36)(H,37,38). The van der Waals surface area contributed by atoms with Gasteiger partial charge in [-0.2, -0.15) is 0 Å². The Morgan fingerprint density at radius 1 is 0.605 bits per heavy atom. The Hall–Kier alpha value is -3.34. The predicted molar refractivity (Wildman–Crippen MR) is 132 cm³/mol. The number of nitrogens with zero attached hydrogens (tertiary/aromatic N) is 4. The number of rotatable bonds is 13. The molecule has 1 aliphatic heterocycles. The molecule has 0 saturated carbocycles. The van der Waals surface area contributed by atoms with Gasteiger partial charge in [0.2, 0.25) is 11.8 Å². The van der Waals surface area contributed by atoms with E-state index in [0.29, 0.717) is 0 Å². The number of carboxylic acid groups (broad SMARTS) is 4. The van der Waals surface area contributed by atoms with Crippen molar-refractivity contribution in [1.82, 2.24) is 30.2 Å². The summed E-state index contributed by atoms with van der Waals surface area (Å²) in [6.07, 6.45) is -0.197. The molecule has 1 aliphatic rings. The van der Waals surface area contributed by atoms with Crippen LogP contribution >= 0.6 is 0 Å². The summed E-state index contributed by atoms with van der Waals surface area (Å²) in [7, 11) is 1.42. The number of amides is 2. The van der Waals surface area contributed by atoms with Crippen LogP contribution in [0.4, 0.5) is 0 Å². The molecule has 0 radical (unpaired) electrons. The molecule has 0 aromatic rings. The summed E-state index contributed by atoms with van der Waals surface area (Å²) in [4.78, 5) is 76.2. The smallest absolute Gasteiger partial charge is 0.326 e. The first-order valence-electron chi connectivity index (χ1n) is 12.2. The van der Waals surface area contributed by atoms with Crippen molar-refractivity contribution >= 4 is 35.7 Å². The maximum absolute atomic E-state index is 12.7. The van der Waals surface area contributed by atoms with Crippen LogP contribution in [0, 0.1) is 0 Å². The van der Waals surface area contributed by atoms with E-state index in [1.54, 1.807) is 19.6 Å². The number of nitrogens with one attached hydrogen (secondary N) is 2. The van der Waals surface area contributed by atoms with Crippen molar-refractivity contribution < 1.29 is 49.2 Å². The third-order valence-electron chi connectivity index (χ3n) is 5.95. The number of carboxylic acids is 4. The van der Waals surface area contributed by atoms with Crippen molar-refractivity contribution in [2.75, 3.05) is 85.6 Å². The Labute approximate surface area is 220 Å². The lowest BCUT2D eigenvalue weighted by atomic mass is 10.1. The number of hydrogen-bond acceptors (Lipinski definition) is 10. The first-order chi connectivity index (χ1) is 17.9. The molecule has 0 spiro atoms. The molecule has 0 aromatic heterocycles. The molecule has 38 heavy (non-hydrogen) atoms. The van der Waals surface area contributed by atoms with Gasteiger partial charge in [-0.15, -0.1) is 0 Å². The van der Waals surface area contributed by atoms with Gasteiger partial charge in [-0.25, -0.2) is 4.79 Å². The van der Waals surface area contributed by atoms with E-state index in [0.717, 1.165) is 0 Å². The third-order valence-corrected chi connectivity index (χ3v) is 5.95. The third kappa shape index (κ3) is 14.4. The summed E-state index contributed by atoms with van der Waals surface area (Å²) >= 11 is 0. The van der Waals surface area contributed by atoms with Gasteiger partial charge < -0.3 is 31.1 Å². The number of carbonyl (C=O) groups excluding carboxylic acids is 2. The highest BCUT2D eigenvalue weighted by Crippen LogP contribution is 2.03. The van der Waals surface area contributed by atoms with E-state index < -0.39 is 35.8 Å². The number of aliphatic carboxylic acids is 4. The highest BCUT2D eigenvalue weighted by Gasteiger charge is 2.24. The number of carbonyl (C=O) groups is 6. The van der Waals surface area contributed by atoms with E-state index >= 15 is 0 Å². The Balaban J connectivity index is 2.97. The fourth-order valence-electron chi connectivity index (χ4n) is 3.89. The zero-order valence-electron chi connectivity index (χ0n) is 21.5. The van der Waals surface area contributed by atoms with Gasteiger partial charge in [0.1, 0.15) is 6.04 Å². The molecular formula is C22H38N6O10. The summed E-state index contributed by atoms with van der Waals surface area (Å²) in [5.74, 6) is -5.46. The predicted octanol–water partition coefficient (Wildman–Crippen LogP) is -3.44. The second-order valence-electron chi connectivity index (χ2n) is 8.96. The van der Waals surface area contributed by atoms with Gasteiger partial charge in [0.05, 0.1) is 26.2 Å². The lowest BCUT2D eigenvalue weighted by molar-refractivity contribution is -0.142. The molecule has 2 amide bonds. The first kappa shape index (κ1) is 32.7. The SMILES string of the molecule is CNC(=O)CCC(NC(=O)CN1CCN(CC(=O)O)CCN(CC(=O)O)CCN(CC(=O)O)CC1)C(=O)O. The van der Waals surface area contributed by atoms with Crippen molar-refractivity contribution in [1.29, 1.82) is 0 Å². The molecule has 16 heteroatoms. The van der Waals surface area contributed by atoms with Gasteiger partial charge in [0, 0.05) is 65.8 Å². The van der Waals surface area contributed by atoms with Crippen molar-refractivity contribution in [2.24, 2.45) is 0 Å². The van der Waals surface area contributed by atoms with Gasteiger partial charge in [-0.05, 0) is 6.42 Å². The van der Waals surface area contributed by atoms with E-state index in [1.807, 2.05) is 0 Å². The minimum Gasteiger partial charge on any atom is -0.480 e. The summed E-state index contributed by atoms with van der Waals surface area (Å²) in [6, 6.07) is -1.28. The Morgan fingerprint density at radius 2 is 0.947 bits per heavy atom. The Morgan fingerprint density at radius 3 is 1.24 bits per heavy atom. The molecule has 6 N–H and O–H groups in total. The molecule has 0 aromatic carbocycles. The molecule has 216 valence electrons. The fourth-order valence-corrected chi connectivity index (χ4v) is 3.89. The monoisotopic (exact) mass is 546 g/mol. The first-order valence-corrected chi connectivity index (χ1v) is 12.2. The van der Waals surface area contributed by atoms with E-state index in [2.05, 4.69) is 10.6 Å². The second kappa shape index (κ2) is 17.2. The summed E-state index contributed by atoms with van der Waals surface area (Å²) in [6.45, 7) is 0.732. The van der Waals surface area contributed by atoms with E-state index in [4.69, 9.17) is 0 Å². The normalized spacial score (nSPS) is 17.9. The molecule has 1 saturated heterocycles.